The summed E-state index contributed by atoms with van der Waals surface area (Å²) < 4.78 is 10.9. The van der Waals surface area contributed by atoms with E-state index in [9.17, 15) is 9.59 Å². The van der Waals surface area contributed by atoms with Gasteiger partial charge in [0.1, 0.15) is 0 Å². The van der Waals surface area contributed by atoms with Crippen molar-refractivity contribution >= 4 is 17.4 Å². The normalized spacial score (nSPS) is 14.0. The minimum absolute atomic E-state index is 0.0487. The van der Waals surface area contributed by atoms with Crippen LogP contribution in [-0.2, 0) is 4.79 Å². The second-order valence-electron chi connectivity index (χ2n) is 6.86. The predicted molar refractivity (Wildman–Crippen MR) is 108 cm³/mol. The number of benzene rings is 2. The van der Waals surface area contributed by atoms with E-state index in [0.717, 1.165) is 13.1 Å². The highest BCUT2D eigenvalue weighted by Crippen LogP contribution is 2.28. The molecule has 0 unspecified atom stereocenters. The van der Waals surface area contributed by atoms with Crippen LogP contribution in [0.5, 0.6) is 11.5 Å². The molecule has 0 bridgehead atoms. The Labute approximate surface area is 165 Å². The minimum Gasteiger partial charge on any atom is -0.493 e. The monoisotopic (exact) mass is 382 g/mol. The van der Waals surface area contributed by atoms with Gasteiger partial charge in [0, 0.05) is 37.4 Å². The molecule has 1 heterocycles. The molecular weight excluding hydrogens is 356 g/mol. The predicted octanol–water partition coefficient (Wildman–Crippen LogP) is 2.93. The van der Waals surface area contributed by atoms with Crippen LogP contribution in [0.2, 0.25) is 0 Å². The molecule has 0 atom stereocenters. The van der Waals surface area contributed by atoms with Gasteiger partial charge in [0.2, 0.25) is 0 Å². The topological polar surface area (TPSA) is 59.1 Å². The number of anilines is 1. The van der Waals surface area contributed by atoms with E-state index < -0.39 is 0 Å². The number of carbonyl (C=O) groups is 2. The van der Waals surface area contributed by atoms with Gasteiger partial charge in [0.05, 0.1) is 7.11 Å². The van der Waals surface area contributed by atoms with Crippen LogP contribution in [0.1, 0.15) is 22.8 Å². The van der Waals surface area contributed by atoms with E-state index in [-0.39, 0.29) is 18.3 Å². The van der Waals surface area contributed by atoms with Crippen molar-refractivity contribution in [3.8, 4) is 11.5 Å². The number of Topliss-reactive ketones (excluding diaryl/α,β-unsaturated/α-hetero) is 1. The highest BCUT2D eigenvalue weighted by molar-refractivity contribution is 5.94. The zero-order chi connectivity index (χ0) is 20.1. The fourth-order valence-electron chi connectivity index (χ4n) is 3.35. The number of aryl methyl sites for hydroxylation is 1. The highest BCUT2D eigenvalue weighted by Gasteiger charge is 2.22. The summed E-state index contributed by atoms with van der Waals surface area (Å²) in [6.07, 6.45) is 0. The van der Waals surface area contributed by atoms with E-state index in [1.54, 1.807) is 18.2 Å². The first kappa shape index (κ1) is 19.7. The Morgan fingerprint density at radius 2 is 1.71 bits per heavy atom. The van der Waals surface area contributed by atoms with Crippen LogP contribution in [0.15, 0.2) is 42.5 Å². The van der Waals surface area contributed by atoms with Gasteiger partial charge in [0.25, 0.3) is 5.91 Å². The molecule has 0 radical (unpaired) electrons. The lowest BCUT2D eigenvalue weighted by molar-refractivity contribution is -0.133. The summed E-state index contributed by atoms with van der Waals surface area (Å²) in [7, 11) is 1.51. The maximum absolute atomic E-state index is 12.5. The third-order valence-corrected chi connectivity index (χ3v) is 5.01. The first-order valence-electron chi connectivity index (χ1n) is 9.39. The van der Waals surface area contributed by atoms with Gasteiger partial charge in [-0.15, -0.1) is 0 Å². The molecule has 2 aromatic rings. The van der Waals surface area contributed by atoms with Crippen molar-refractivity contribution in [3.05, 3.63) is 53.6 Å². The van der Waals surface area contributed by atoms with Crippen LogP contribution >= 0.6 is 0 Å². The van der Waals surface area contributed by atoms with Crippen molar-refractivity contribution < 1.29 is 19.1 Å². The van der Waals surface area contributed by atoms with Crippen LogP contribution in [-0.4, -0.2) is 56.5 Å². The van der Waals surface area contributed by atoms with Crippen molar-refractivity contribution in [2.24, 2.45) is 0 Å². The Kier molecular flexibility index (Phi) is 6.19. The number of para-hydroxylation sites is 1. The van der Waals surface area contributed by atoms with Gasteiger partial charge >= 0.3 is 0 Å². The third-order valence-electron chi connectivity index (χ3n) is 5.01. The van der Waals surface area contributed by atoms with Crippen LogP contribution in [0.3, 0.4) is 0 Å². The summed E-state index contributed by atoms with van der Waals surface area (Å²) in [6, 6.07) is 13.3. The molecule has 0 saturated carbocycles. The number of ether oxygens (including phenoxy) is 2. The van der Waals surface area contributed by atoms with Gasteiger partial charge in [0.15, 0.2) is 23.9 Å². The van der Waals surface area contributed by atoms with Crippen molar-refractivity contribution in [3.63, 3.8) is 0 Å². The maximum atomic E-state index is 12.5. The smallest absolute Gasteiger partial charge is 0.260 e. The molecule has 0 aromatic heterocycles. The van der Waals surface area contributed by atoms with Gasteiger partial charge < -0.3 is 19.3 Å². The molecule has 2 aromatic carbocycles. The molecule has 148 valence electrons. The Morgan fingerprint density at radius 1 is 1.00 bits per heavy atom. The van der Waals surface area contributed by atoms with E-state index in [1.807, 2.05) is 17.0 Å². The van der Waals surface area contributed by atoms with Gasteiger partial charge in [-0.1, -0.05) is 18.2 Å². The lowest BCUT2D eigenvalue weighted by Gasteiger charge is -2.36. The first-order valence-corrected chi connectivity index (χ1v) is 9.39. The SMILES string of the molecule is COc1cc(C(C)=O)ccc1OCC(=O)N1CCN(c2ccccc2C)CC1. The number of ketones is 1. The molecule has 0 spiro atoms. The number of carbonyl (C=O) groups excluding carboxylic acids is 2. The Bertz CT molecular complexity index is 857. The standard InChI is InChI=1S/C22H26N2O4/c1-16-6-4-5-7-19(16)23-10-12-24(13-11-23)22(26)15-28-20-9-8-18(17(2)25)14-21(20)27-3/h4-9,14H,10-13,15H2,1-3H3. The van der Waals surface area contributed by atoms with E-state index in [2.05, 4.69) is 24.0 Å². The summed E-state index contributed by atoms with van der Waals surface area (Å²) in [5.74, 6) is 0.804. The maximum Gasteiger partial charge on any atom is 0.260 e. The zero-order valence-electron chi connectivity index (χ0n) is 16.6. The van der Waals surface area contributed by atoms with E-state index in [1.165, 1.54) is 25.3 Å². The summed E-state index contributed by atoms with van der Waals surface area (Å²) in [5, 5.41) is 0. The highest BCUT2D eigenvalue weighted by atomic mass is 16.5. The molecule has 1 amide bonds. The van der Waals surface area contributed by atoms with Gasteiger partial charge in [-0.05, 0) is 43.7 Å². The van der Waals surface area contributed by atoms with Crippen molar-refractivity contribution in [1.82, 2.24) is 4.90 Å². The Morgan fingerprint density at radius 3 is 2.36 bits per heavy atom. The Hall–Kier alpha value is -3.02. The van der Waals surface area contributed by atoms with Crippen LogP contribution in [0.4, 0.5) is 5.69 Å². The molecular formula is C22H26N2O4. The number of hydrogen-bond acceptors (Lipinski definition) is 5. The lowest BCUT2D eigenvalue weighted by atomic mass is 10.1. The van der Waals surface area contributed by atoms with Gasteiger partial charge in [-0.2, -0.15) is 0 Å². The lowest BCUT2D eigenvalue weighted by Crippen LogP contribution is -2.50. The number of hydrogen-bond donors (Lipinski definition) is 0. The summed E-state index contributed by atoms with van der Waals surface area (Å²) in [5.41, 5.74) is 3.01. The molecule has 3 rings (SSSR count). The van der Waals surface area contributed by atoms with E-state index >= 15 is 0 Å². The summed E-state index contributed by atoms with van der Waals surface area (Å²) >= 11 is 0. The molecule has 1 fully saturated rings. The van der Waals surface area contributed by atoms with Crippen LogP contribution in [0, 0.1) is 6.92 Å². The molecule has 0 N–H and O–H groups in total. The van der Waals surface area contributed by atoms with Gasteiger partial charge in [-0.3, -0.25) is 9.59 Å². The second-order valence-corrected chi connectivity index (χ2v) is 6.86. The number of nitrogens with zero attached hydrogens (tertiary/aromatic N) is 2. The number of amides is 1. The Balaban J connectivity index is 1.55. The molecule has 6 nitrogen and oxygen atoms in total. The summed E-state index contributed by atoms with van der Waals surface area (Å²) in [4.78, 5) is 28.2. The zero-order valence-corrected chi connectivity index (χ0v) is 16.6. The molecule has 6 heteroatoms. The fraction of sp³-hybridized carbons (Fsp3) is 0.364. The third kappa shape index (κ3) is 4.44. The number of rotatable bonds is 6. The largest absolute Gasteiger partial charge is 0.493 e. The molecule has 1 aliphatic heterocycles. The number of methoxy groups -OCH3 is 1. The van der Waals surface area contributed by atoms with Crippen molar-refractivity contribution in [1.29, 1.82) is 0 Å². The molecule has 0 aliphatic carbocycles. The van der Waals surface area contributed by atoms with E-state index in [0.29, 0.717) is 30.2 Å². The average Bonchev–Trinajstić information content (AvgIpc) is 2.72. The van der Waals surface area contributed by atoms with Crippen molar-refractivity contribution in [2.45, 2.75) is 13.8 Å². The quantitative estimate of drug-likeness (QED) is 0.719. The number of piperazine rings is 1. The van der Waals surface area contributed by atoms with Crippen LogP contribution in [0.25, 0.3) is 0 Å². The average molecular weight is 382 g/mol. The minimum atomic E-state index is -0.0554. The van der Waals surface area contributed by atoms with Crippen LogP contribution < -0.4 is 14.4 Å². The molecule has 1 aliphatic rings. The molecule has 1 saturated heterocycles. The van der Waals surface area contributed by atoms with E-state index in [4.69, 9.17) is 9.47 Å². The molecule has 28 heavy (non-hydrogen) atoms. The van der Waals surface area contributed by atoms with Gasteiger partial charge in [-0.25, -0.2) is 0 Å². The summed E-state index contributed by atoms with van der Waals surface area (Å²) in [6.45, 7) is 6.47. The van der Waals surface area contributed by atoms with Crippen molar-refractivity contribution in [2.75, 3.05) is 44.8 Å². The second kappa shape index (κ2) is 8.78. The fourth-order valence-corrected chi connectivity index (χ4v) is 3.35. The first-order chi connectivity index (χ1) is 13.5.